The molecule has 2 heterocycles. The molecule has 3 nitrogen and oxygen atoms in total. The zero-order chi connectivity index (χ0) is 8.72. The molecule has 0 N–H and O–H groups in total. The Bertz CT molecular complexity index is 246. The van der Waals surface area contributed by atoms with E-state index in [4.69, 9.17) is 4.74 Å². The molecule has 0 spiro atoms. The van der Waals surface area contributed by atoms with Crippen LogP contribution in [0.5, 0.6) is 0 Å². The zero-order valence-electron chi connectivity index (χ0n) is 6.82. The first-order valence-corrected chi connectivity index (χ1v) is 5.41. The standard InChI is InChI=1S/C7H10NO2PS/c1-10-5-6(9)8-2-4(11)3-12-7(5)8/h5,7,11H,2-3H2,1H3/p+1/t5?,7-/m1/s1. The van der Waals surface area contributed by atoms with E-state index in [1.807, 2.05) is 4.90 Å². The summed E-state index contributed by atoms with van der Waals surface area (Å²) in [7, 11) is 4.28. The molecule has 0 bridgehead atoms. The molecule has 0 aliphatic carbocycles. The lowest BCUT2D eigenvalue weighted by molar-refractivity contribution is -0.160. The van der Waals surface area contributed by atoms with Crippen LogP contribution in [-0.2, 0) is 9.53 Å². The van der Waals surface area contributed by atoms with Crippen molar-refractivity contribution in [3.05, 3.63) is 0 Å². The zero-order valence-corrected chi connectivity index (χ0v) is 8.79. The lowest BCUT2D eigenvalue weighted by Gasteiger charge is -2.47. The smallest absolute Gasteiger partial charge is 0.256 e. The highest BCUT2D eigenvalue weighted by Crippen LogP contribution is 2.35. The SMILES string of the molecule is COC1C(=O)N2CC(=[PH2+])CS[C@H]12. The molecule has 3 atom stereocenters. The van der Waals surface area contributed by atoms with Crippen LogP contribution in [0.25, 0.3) is 0 Å². The summed E-state index contributed by atoms with van der Waals surface area (Å²) in [6.45, 7) is 0.793. The molecule has 2 aliphatic heterocycles. The monoisotopic (exact) mass is 204 g/mol. The predicted octanol–water partition coefficient (Wildman–Crippen LogP) is -0.0360. The minimum Gasteiger partial charge on any atom is -0.368 e. The largest absolute Gasteiger partial charge is 0.368 e. The van der Waals surface area contributed by atoms with Gasteiger partial charge in [-0.15, -0.1) is 11.8 Å². The van der Waals surface area contributed by atoms with E-state index < -0.39 is 0 Å². The summed E-state index contributed by atoms with van der Waals surface area (Å²) in [4.78, 5) is 13.2. The summed E-state index contributed by atoms with van der Waals surface area (Å²) in [5.74, 6) is 1.16. The second-order valence-corrected chi connectivity index (χ2v) is 4.90. The van der Waals surface area contributed by atoms with Crippen molar-refractivity contribution in [1.82, 2.24) is 4.90 Å². The number of ether oxygens (including phenoxy) is 1. The Balaban J connectivity index is 2.06. The number of fused-ring (bicyclic) bond motifs is 1. The van der Waals surface area contributed by atoms with Gasteiger partial charge < -0.3 is 9.64 Å². The average Bonchev–Trinajstić information content (AvgIpc) is 2.07. The molecule has 2 fully saturated rings. The van der Waals surface area contributed by atoms with E-state index in [0.29, 0.717) is 0 Å². The molecule has 0 aromatic carbocycles. The third-order valence-electron chi connectivity index (χ3n) is 2.16. The molecule has 5 heteroatoms. The first kappa shape index (κ1) is 8.54. The second kappa shape index (κ2) is 3.02. The van der Waals surface area contributed by atoms with Crippen LogP contribution < -0.4 is 0 Å². The molecule has 66 valence electrons. The van der Waals surface area contributed by atoms with E-state index in [1.54, 1.807) is 18.9 Å². The number of nitrogens with zero attached hydrogens (tertiary/aromatic N) is 1. The van der Waals surface area contributed by atoms with E-state index in [1.165, 1.54) is 5.29 Å². The molecule has 1 amide bonds. The quantitative estimate of drug-likeness (QED) is 0.443. The molecular formula is C7H11NO2PS+. The van der Waals surface area contributed by atoms with Gasteiger partial charge >= 0.3 is 0 Å². The van der Waals surface area contributed by atoms with Gasteiger partial charge in [-0.2, -0.15) is 0 Å². The van der Waals surface area contributed by atoms with Crippen molar-refractivity contribution in [2.45, 2.75) is 11.5 Å². The number of methoxy groups -OCH3 is 1. The van der Waals surface area contributed by atoms with Gasteiger partial charge in [-0.1, -0.05) is 0 Å². The Morgan fingerprint density at radius 1 is 1.75 bits per heavy atom. The van der Waals surface area contributed by atoms with E-state index >= 15 is 0 Å². The number of hydrogen-bond donors (Lipinski definition) is 0. The molecule has 2 saturated heterocycles. The lowest BCUT2D eigenvalue weighted by Crippen LogP contribution is -2.66. The van der Waals surface area contributed by atoms with Crippen LogP contribution in [0.2, 0.25) is 0 Å². The van der Waals surface area contributed by atoms with Crippen LogP contribution in [0.15, 0.2) is 0 Å². The molecule has 2 rings (SSSR count). The van der Waals surface area contributed by atoms with Crippen molar-refractivity contribution in [3.63, 3.8) is 0 Å². The molecule has 2 aliphatic rings. The fraction of sp³-hybridized carbons (Fsp3) is 0.714. The molecule has 0 aromatic rings. The Morgan fingerprint density at radius 3 is 3.17 bits per heavy atom. The fourth-order valence-corrected chi connectivity index (χ4v) is 3.23. The number of carbonyl (C=O) groups excluding carboxylic acids is 1. The highest BCUT2D eigenvalue weighted by atomic mass is 32.2. The third kappa shape index (κ3) is 1.10. The number of amides is 1. The molecule has 12 heavy (non-hydrogen) atoms. The van der Waals surface area contributed by atoms with Gasteiger partial charge in [0.1, 0.15) is 10.7 Å². The van der Waals surface area contributed by atoms with Crippen molar-refractivity contribution < 1.29 is 9.53 Å². The summed E-state index contributed by atoms with van der Waals surface area (Å²) >= 11 is 1.78. The van der Waals surface area contributed by atoms with Gasteiger partial charge in [0.25, 0.3) is 5.91 Å². The number of carbonyl (C=O) groups is 1. The highest BCUT2D eigenvalue weighted by Gasteiger charge is 2.50. The number of β-lactam (4-membered cyclic amide) rings is 1. The Kier molecular flexibility index (Phi) is 2.15. The maximum atomic E-state index is 11.3. The Morgan fingerprint density at radius 2 is 2.50 bits per heavy atom. The van der Waals surface area contributed by atoms with Crippen LogP contribution >= 0.6 is 20.6 Å². The van der Waals surface area contributed by atoms with Crippen molar-refractivity contribution in [3.8, 4) is 0 Å². The van der Waals surface area contributed by atoms with Gasteiger partial charge in [0.15, 0.2) is 6.10 Å². The van der Waals surface area contributed by atoms with E-state index in [2.05, 4.69) is 8.86 Å². The van der Waals surface area contributed by atoms with Gasteiger partial charge in [-0.05, 0) is 0 Å². The Hall–Kier alpha value is -0.0500. The minimum atomic E-state index is -0.187. The maximum Gasteiger partial charge on any atom is 0.256 e. The number of hydrogen-bond acceptors (Lipinski definition) is 3. The first-order chi connectivity index (χ1) is 5.74. The third-order valence-corrected chi connectivity index (χ3v) is 4.22. The number of rotatable bonds is 1. The highest BCUT2D eigenvalue weighted by molar-refractivity contribution is 8.01. The molecular weight excluding hydrogens is 193 g/mol. The topological polar surface area (TPSA) is 29.5 Å². The molecule has 0 saturated carbocycles. The van der Waals surface area contributed by atoms with Crippen LogP contribution in [0.4, 0.5) is 0 Å². The number of thioether (sulfide) groups is 1. The van der Waals surface area contributed by atoms with Crippen molar-refractivity contribution in [2.75, 3.05) is 19.4 Å². The van der Waals surface area contributed by atoms with Crippen LogP contribution in [0, 0.1) is 0 Å². The van der Waals surface area contributed by atoms with Gasteiger partial charge in [0.05, 0.1) is 21.2 Å². The van der Waals surface area contributed by atoms with Crippen molar-refractivity contribution in [2.24, 2.45) is 0 Å². The first-order valence-electron chi connectivity index (χ1n) is 3.79. The van der Waals surface area contributed by atoms with Crippen molar-refractivity contribution in [1.29, 1.82) is 0 Å². The Labute approximate surface area is 77.7 Å². The maximum absolute atomic E-state index is 11.3. The van der Waals surface area contributed by atoms with Crippen LogP contribution in [0.3, 0.4) is 0 Å². The minimum absolute atomic E-state index is 0.134. The lowest BCUT2D eigenvalue weighted by atomic mass is 10.1. The average molecular weight is 204 g/mol. The van der Waals surface area contributed by atoms with Gasteiger partial charge in [0, 0.05) is 7.11 Å². The van der Waals surface area contributed by atoms with Crippen LogP contribution in [-0.4, -0.2) is 47.0 Å². The molecule has 0 aromatic heterocycles. The van der Waals surface area contributed by atoms with E-state index in [0.717, 1.165) is 12.3 Å². The summed E-state index contributed by atoms with van der Waals surface area (Å²) < 4.78 is 5.08. The summed E-state index contributed by atoms with van der Waals surface area (Å²) in [6, 6.07) is 0. The van der Waals surface area contributed by atoms with Gasteiger partial charge in [0.2, 0.25) is 0 Å². The second-order valence-electron chi connectivity index (χ2n) is 2.98. The predicted molar refractivity (Wildman–Crippen MR) is 53.5 cm³/mol. The van der Waals surface area contributed by atoms with E-state index in [9.17, 15) is 4.79 Å². The van der Waals surface area contributed by atoms with Crippen molar-refractivity contribution >= 4 is 31.8 Å². The van der Waals surface area contributed by atoms with Gasteiger partial charge in [-0.3, -0.25) is 4.79 Å². The molecule has 2 unspecified atom stereocenters. The summed E-state index contributed by atoms with van der Waals surface area (Å²) in [5, 5.41) is 1.56. The molecule has 0 radical (unpaired) electrons. The van der Waals surface area contributed by atoms with Gasteiger partial charge in [-0.25, -0.2) is 0 Å². The van der Waals surface area contributed by atoms with Crippen LogP contribution in [0.1, 0.15) is 0 Å². The normalized spacial score (nSPS) is 34.6. The summed E-state index contributed by atoms with van der Waals surface area (Å²) in [5.41, 5.74) is 0. The fourth-order valence-electron chi connectivity index (χ4n) is 1.51. The van der Waals surface area contributed by atoms with E-state index in [-0.39, 0.29) is 17.4 Å². The summed E-state index contributed by atoms with van der Waals surface area (Å²) in [6.07, 6.45) is -0.187.